The minimum atomic E-state index is 0.582. The minimum absolute atomic E-state index is 0.582. The zero-order valence-electron chi connectivity index (χ0n) is 31.4. The Bertz CT molecular complexity index is 3870. The molecule has 0 amide bonds. The Morgan fingerprint density at radius 1 is 0.390 bits per heavy atom. The number of thiophene rings is 1. The van der Waals surface area contributed by atoms with Crippen molar-refractivity contribution in [1.82, 2.24) is 19.5 Å². The Labute approximate surface area is 341 Å². The smallest absolute Gasteiger partial charge is 0.164 e. The van der Waals surface area contributed by atoms with Crippen LogP contribution < -0.4 is 0 Å². The largest absolute Gasteiger partial charge is 0.456 e. The molecule has 13 rings (SSSR count). The van der Waals surface area contributed by atoms with Gasteiger partial charge in [0, 0.05) is 64.5 Å². The first-order valence-electron chi connectivity index (χ1n) is 19.8. The molecule has 0 saturated carbocycles. The lowest BCUT2D eigenvalue weighted by Gasteiger charge is -2.13. The molecular weight excluding hydrogens is 741 g/mol. The maximum Gasteiger partial charge on any atom is 0.164 e. The van der Waals surface area contributed by atoms with Crippen LogP contribution in [0, 0.1) is 0 Å². The molecule has 5 nitrogen and oxygen atoms in total. The normalized spacial score (nSPS) is 12.1. The van der Waals surface area contributed by atoms with Crippen molar-refractivity contribution < 1.29 is 4.42 Å². The summed E-state index contributed by atoms with van der Waals surface area (Å²) in [7, 11) is 0. The molecule has 4 heterocycles. The van der Waals surface area contributed by atoms with Gasteiger partial charge in [-0.05, 0) is 82.2 Å². The molecule has 0 saturated heterocycles. The van der Waals surface area contributed by atoms with E-state index in [-0.39, 0.29) is 0 Å². The van der Waals surface area contributed by atoms with E-state index in [9.17, 15) is 0 Å². The Hall–Kier alpha value is -7.67. The third-order valence-electron chi connectivity index (χ3n) is 11.8. The first-order valence-corrected chi connectivity index (χ1v) is 20.6. The number of benzene rings is 9. The highest BCUT2D eigenvalue weighted by Crippen LogP contribution is 2.42. The number of hydrogen-bond acceptors (Lipinski definition) is 5. The molecule has 0 spiro atoms. The summed E-state index contributed by atoms with van der Waals surface area (Å²) in [4.78, 5) is 16.0. The van der Waals surface area contributed by atoms with Gasteiger partial charge in [0.25, 0.3) is 0 Å². The van der Waals surface area contributed by atoms with Crippen molar-refractivity contribution >= 4 is 96.8 Å². The zero-order valence-corrected chi connectivity index (χ0v) is 32.2. The van der Waals surface area contributed by atoms with Crippen molar-refractivity contribution in [2.24, 2.45) is 0 Å². The highest BCUT2D eigenvalue weighted by atomic mass is 32.1. The van der Waals surface area contributed by atoms with Crippen LogP contribution in [-0.4, -0.2) is 19.5 Å². The van der Waals surface area contributed by atoms with E-state index < -0.39 is 0 Å². The van der Waals surface area contributed by atoms with Gasteiger partial charge in [-0.2, -0.15) is 0 Å². The van der Waals surface area contributed by atoms with Crippen LogP contribution in [0.2, 0.25) is 0 Å². The molecular formula is C53H30N4OS. The summed E-state index contributed by atoms with van der Waals surface area (Å²) < 4.78 is 11.6. The maximum atomic E-state index is 6.72. The topological polar surface area (TPSA) is 56.7 Å². The van der Waals surface area contributed by atoms with E-state index in [0.717, 1.165) is 60.7 Å². The van der Waals surface area contributed by atoms with Gasteiger partial charge in [0.1, 0.15) is 11.2 Å². The van der Waals surface area contributed by atoms with Crippen LogP contribution in [0.4, 0.5) is 0 Å². The van der Waals surface area contributed by atoms with Crippen molar-refractivity contribution in [3.63, 3.8) is 0 Å². The van der Waals surface area contributed by atoms with E-state index in [4.69, 9.17) is 19.4 Å². The summed E-state index contributed by atoms with van der Waals surface area (Å²) in [6, 6.07) is 64.5. The van der Waals surface area contributed by atoms with Crippen LogP contribution >= 0.6 is 11.3 Å². The van der Waals surface area contributed by atoms with E-state index in [0.29, 0.717) is 17.5 Å². The Balaban J connectivity index is 1.12. The lowest BCUT2D eigenvalue weighted by molar-refractivity contribution is 0.668. The van der Waals surface area contributed by atoms with E-state index in [1.807, 2.05) is 12.1 Å². The predicted molar refractivity (Wildman–Crippen MR) is 246 cm³/mol. The Kier molecular flexibility index (Phi) is 6.82. The van der Waals surface area contributed by atoms with E-state index in [1.54, 1.807) is 11.3 Å². The second-order valence-electron chi connectivity index (χ2n) is 15.2. The van der Waals surface area contributed by atoms with Gasteiger partial charge in [-0.25, -0.2) is 15.0 Å². The van der Waals surface area contributed by atoms with Crippen LogP contribution in [0.3, 0.4) is 0 Å². The van der Waals surface area contributed by atoms with Crippen LogP contribution in [0.15, 0.2) is 186 Å². The van der Waals surface area contributed by atoms with Crippen molar-refractivity contribution in [3.05, 3.63) is 182 Å². The molecule has 0 aliphatic carbocycles. The van der Waals surface area contributed by atoms with Gasteiger partial charge in [0.15, 0.2) is 17.5 Å². The van der Waals surface area contributed by atoms with E-state index in [1.165, 1.54) is 47.1 Å². The van der Waals surface area contributed by atoms with Crippen molar-refractivity contribution in [1.29, 1.82) is 0 Å². The van der Waals surface area contributed by atoms with Gasteiger partial charge in [-0.1, -0.05) is 115 Å². The quantitative estimate of drug-likeness (QED) is 0.179. The monoisotopic (exact) mass is 770 g/mol. The number of para-hydroxylation sites is 2. The molecule has 0 bridgehead atoms. The number of hydrogen-bond donors (Lipinski definition) is 0. The van der Waals surface area contributed by atoms with E-state index >= 15 is 0 Å². The van der Waals surface area contributed by atoms with Crippen LogP contribution in [0.25, 0.3) is 125 Å². The predicted octanol–water partition coefficient (Wildman–Crippen LogP) is 14.5. The van der Waals surface area contributed by atoms with Gasteiger partial charge in [0.05, 0.1) is 16.7 Å². The number of nitrogens with zero attached hydrogens (tertiary/aromatic N) is 4. The van der Waals surface area contributed by atoms with Gasteiger partial charge < -0.3 is 8.98 Å². The molecule has 274 valence electrons. The number of rotatable bonds is 4. The lowest BCUT2D eigenvalue weighted by Crippen LogP contribution is -2.02. The molecule has 0 aliphatic heterocycles. The standard InChI is InChI=1S/C53H30N4OS/c1-2-12-32-25-35(22-21-31(32)11-1)51-54-52(36-23-24-49-42(27-36)39-16-7-10-20-48(39)59-49)56-53(55-51)43-29-37(30-47-50(43)40-17-6-9-19-46(40)58-47)57-44-18-8-5-15-38(44)41-26-33-13-3-4-14-34(33)28-45(41)57/h1-30H. The lowest BCUT2D eigenvalue weighted by atomic mass is 10.0. The summed E-state index contributed by atoms with van der Waals surface area (Å²) in [5, 5.41) is 11.5. The third-order valence-corrected chi connectivity index (χ3v) is 12.9. The van der Waals surface area contributed by atoms with Gasteiger partial charge in [-0.15, -0.1) is 11.3 Å². The second-order valence-corrected chi connectivity index (χ2v) is 16.3. The van der Waals surface area contributed by atoms with Crippen LogP contribution in [0.1, 0.15) is 0 Å². The van der Waals surface area contributed by atoms with Crippen molar-refractivity contribution in [2.45, 2.75) is 0 Å². The SMILES string of the molecule is c1ccc2cc(-c3nc(-c4ccc5sc6ccccc6c5c4)nc(-c4cc(-n5c6ccccc6c6cc7ccccc7cc65)cc5oc6ccccc6c45)n3)ccc2c1. The Morgan fingerprint density at radius 2 is 1.02 bits per heavy atom. The number of furan rings is 1. The molecule has 13 aromatic rings. The molecule has 0 fully saturated rings. The molecule has 4 aromatic heterocycles. The molecule has 0 atom stereocenters. The van der Waals surface area contributed by atoms with Gasteiger partial charge >= 0.3 is 0 Å². The highest BCUT2D eigenvalue weighted by Gasteiger charge is 2.22. The molecule has 0 aliphatic rings. The molecule has 0 N–H and O–H groups in total. The zero-order chi connectivity index (χ0) is 38.6. The number of aromatic nitrogens is 4. The van der Waals surface area contributed by atoms with Crippen LogP contribution in [-0.2, 0) is 0 Å². The van der Waals surface area contributed by atoms with Crippen LogP contribution in [0.5, 0.6) is 0 Å². The third kappa shape index (κ3) is 5.00. The minimum Gasteiger partial charge on any atom is -0.456 e. The maximum absolute atomic E-state index is 6.72. The summed E-state index contributed by atoms with van der Waals surface area (Å²) in [5.41, 5.74) is 7.52. The van der Waals surface area contributed by atoms with E-state index in [2.05, 4.69) is 174 Å². The summed E-state index contributed by atoms with van der Waals surface area (Å²) in [5.74, 6) is 1.81. The first kappa shape index (κ1) is 32.4. The van der Waals surface area contributed by atoms with Crippen molar-refractivity contribution in [2.75, 3.05) is 0 Å². The fraction of sp³-hybridized carbons (Fsp3) is 0. The molecule has 0 radical (unpaired) electrons. The average Bonchev–Trinajstić information content (AvgIpc) is 3.96. The Morgan fingerprint density at radius 3 is 1.86 bits per heavy atom. The van der Waals surface area contributed by atoms with Gasteiger partial charge in [-0.3, -0.25) is 0 Å². The first-order chi connectivity index (χ1) is 29.2. The van der Waals surface area contributed by atoms with Crippen molar-refractivity contribution in [3.8, 4) is 39.9 Å². The fourth-order valence-electron chi connectivity index (χ4n) is 9.03. The molecule has 9 aromatic carbocycles. The average molecular weight is 771 g/mol. The molecule has 59 heavy (non-hydrogen) atoms. The van der Waals surface area contributed by atoms with Gasteiger partial charge in [0.2, 0.25) is 0 Å². The fourth-order valence-corrected chi connectivity index (χ4v) is 10.1. The molecule has 6 heteroatoms. The highest BCUT2D eigenvalue weighted by molar-refractivity contribution is 7.25. The molecule has 0 unspecified atom stereocenters. The number of fused-ring (bicyclic) bond motifs is 11. The summed E-state index contributed by atoms with van der Waals surface area (Å²) in [6.45, 7) is 0. The summed E-state index contributed by atoms with van der Waals surface area (Å²) >= 11 is 1.81. The second kappa shape index (κ2) is 12.4. The summed E-state index contributed by atoms with van der Waals surface area (Å²) in [6.07, 6.45) is 0.